The van der Waals surface area contributed by atoms with Crippen LogP contribution in [-0.4, -0.2) is 36.3 Å². The van der Waals surface area contributed by atoms with Gasteiger partial charge in [0.05, 0.1) is 23.0 Å². The molecule has 2 N–H and O–H groups in total. The highest BCUT2D eigenvalue weighted by molar-refractivity contribution is 5.90. The molecular formula is C14H15N5O6. The first-order valence-corrected chi connectivity index (χ1v) is 7.04. The Balaban J connectivity index is 2.13. The number of aliphatic carboxylic acids is 1. The minimum atomic E-state index is -1.31. The number of carbonyl (C=O) groups excluding carboxylic acids is 1. The third-order valence-corrected chi connectivity index (χ3v) is 3.46. The molecule has 25 heavy (non-hydrogen) atoms. The number of pyridine rings is 1. The summed E-state index contributed by atoms with van der Waals surface area (Å²) in [4.78, 5) is 44.9. The van der Waals surface area contributed by atoms with Crippen molar-refractivity contribution in [3.05, 3.63) is 51.2 Å². The molecule has 0 saturated heterocycles. The molecular weight excluding hydrogens is 334 g/mol. The van der Waals surface area contributed by atoms with Crippen molar-refractivity contribution < 1.29 is 19.6 Å². The second-order valence-electron chi connectivity index (χ2n) is 5.70. The molecule has 0 unspecified atom stereocenters. The van der Waals surface area contributed by atoms with Gasteiger partial charge in [0, 0.05) is 18.3 Å². The van der Waals surface area contributed by atoms with Crippen LogP contribution >= 0.6 is 0 Å². The van der Waals surface area contributed by atoms with Crippen LogP contribution in [0.15, 0.2) is 35.5 Å². The van der Waals surface area contributed by atoms with Crippen LogP contribution in [-0.2, 0) is 21.7 Å². The van der Waals surface area contributed by atoms with Gasteiger partial charge < -0.3 is 10.4 Å². The van der Waals surface area contributed by atoms with E-state index in [0.29, 0.717) is 0 Å². The number of carbonyl (C=O) groups is 2. The van der Waals surface area contributed by atoms with Gasteiger partial charge in [-0.2, -0.15) is 5.10 Å². The summed E-state index contributed by atoms with van der Waals surface area (Å²) in [5.74, 6) is -1.72. The molecule has 0 aromatic carbocycles. The van der Waals surface area contributed by atoms with Crippen molar-refractivity contribution in [1.29, 1.82) is 0 Å². The van der Waals surface area contributed by atoms with Gasteiger partial charge in [0.1, 0.15) is 6.54 Å². The number of anilines is 1. The first-order valence-electron chi connectivity index (χ1n) is 7.04. The second kappa shape index (κ2) is 6.55. The second-order valence-corrected chi connectivity index (χ2v) is 5.70. The van der Waals surface area contributed by atoms with Crippen LogP contribution in [0.25, 0.3) is 0 Å². The largest absolute Gasteiger partial charge is 0.479 e. The molecule has 2 rings (SSSR count). The number of nitrogens with one attached hydrogen (secondary N) is 1. The third-order valence-electron chi connectivity index (χ3n) is 3.46. The Morgan fingerprint density at radius 1 is 1.36 bits per heavy atom. The van der Waals surface area contributed by atoms with Crippen LogP contribution in [0.1, 0.15) is 13.8 Å². The summed E-state index contributed by atoms with van der Waals surface area (Å²) in [5, 5.41) is 26.2. The predicted octanol–water partition coefficient (Wildman–Crippen LogP) is 0.411. The van der Waals surface area contributed by atoms with E-state index in [4.69, 9.17) is 5.11 Å². The standard InChI is InChI=1S/C14H15N5O6/c1-14(2,13(22)23)18-6-9(5-15-18)16-11(20)8-17-7-10(19(24)25)3-4-12(17)21/h3-7H,8H2,1-2H3,(H,16,20)(H,22,23). The molecule has 11 nitrogen and oxygen atoms in total. The van der Waals surface area contributed by atoms with Crippen LogP contribution in [0.4, 0.5) is 11.4 Å². The molecule has 0 aliphatic heterocycles. The maximum Gasteiger partial charge on any atom is 0.331 e. The van der Waals surface area contributed by atoms with Gasteiger partial charge in [0.25, 0.3) is 11.2 Å². The first-order chi connectivity index (χ1) is 11.6. The Bertz CT molecular complexity index is 897. The van der Waals surface area contributed by atoms with E-state index in [9.17, 15) is 24.5 Å². The topological polar surface area (TPSA) is 149 Å². The van der Waals surface area contributed by atoms with Gasteiger partial charge >= 0.3 is 5.97 Å². The number of carboxylic acid groups (broad SMARTS) is 1. The van der Waals surface area contributed by atoms with Crippen molar-refractivity contribution in [2.24, 2.45) is 0 Å². The molecule has 1 amide bonds. The van der Waals surface area contributed by atoms with E-state index in [0.717, 1.165) is 22.9 Å². The number of carboxylic acids is 1. The zero-order valence-corrected chi connectivity index (χ0v) is 13.4. The van der Waals surface area contributed by atoms with Crippen molar-refractivity contribution in [1.82, 2.24) is 14.3 Å². The molecule has 0 aliphatic rings. The highest BCUT2D eigenvalue weighted by Gasteiger charge is 2.30. The highest BCUT2D eigenvalue weighted by Crippen LogP contribution is 2.17. The van der Waals surface area contributed by atoms with Crippen LogP contribution < -0.4 is 10.9 Å². The molecule has 0 atom stereocenters. The monoisotopic (exact) mass is 349 g/mol. The summed E-state index contributed by atoms with van der Waals surface area (Å²) in [7, 11) is 0. The molecule has 0 spiro atoms. The van der Waals surface area contributed by atoms with E-state index < -0.39 is 34.4 Å². The molecule has 132 valence electrons. The van der Waals surface area contributed by atoms with Crippen molar-refractivity contribution in [3.8, 4) is 0 Å². The zero-order valence-electron chi connectivity index (χ0n) is 13.4. The quantitative estimate of drug-likeness (QED) is 0.566. The molecule has 2 heterocycles. The minimum Gasteiger partial charge on any atom is -0.479 e. The van der Waals surface area contributed by atoms with E-state index in [1.807, 2.05) is 0 Å². The van der Waals surface area contributed by atoms with Crippen molar-refractivity contribution in [2.45, 2.75) is 25.9 Å². The zero-order chi connectivity index (χ0) is 18.8. The molecule has 2 aromatic rings. The third kappa shape index (κ3) is 3.88. The van der Waals surface area contributed by atoms with Crippen LogP contribution in [0, 0.1) is 10.1 Å². The number of hydrogen-bond donors (Lipinski definition) is 2. The van der Waals surface area contributed by atoms with E-state index >= 15 is 0 Å². The van der Waals surface area contributed by atoms with Crippen LogP contribution in [0.5, 0.6) is 0 Å². The number of aromatic nitrogens is 3. The average molecular weight is 349 g/mol. The van der Waals surface area contributed by atoms with Gasteiger partial charge in [-0.1, -0.05) is 0 Å². The minimum absolute atomic E-state index is 0.234. The summed E-state index contributed by atoms with van der Waals surface area (Å²) >= 11 is 0. The molecule has 0 aliphatic carbocycles. The van der Waals surface area contributed by atoms with Gasteiger partial charge in [-0.15, -0.1) is 0 Å². The normalized spacial score (nSPS) is 11.1. The lowest BCUT2D eigenvalue weighted by Crippen LogP contribution is -2.36. The first kappa shape index (κ1) is 17.8. The fourth-order valence-electron chi connectivity index (χ4n) is 1.90. The molecule has 0 bridgehead atoms. The smallest absolute Gasteiger partial charge is 0.331 e. The van der Waals surface area contributed by atoms with Gasteiger partial charge in [0.2, 0.25) is 5.91 Å². The fourth-order valence-corrected chi connectivity index (χ4v) is 1.90. The van der Waals surface area contributed by atoms with Crippen LogP contribution in [0.2, 0.25) is 0 Å². The summed E-state index contributed by atoms with van der Waals surface area (Å²) in [6.45, 7) is 2.45. The summed E-state index contributed by atoms with van der Waals surface area (Å²) < 4.78 is 2.07. The van der Waals surface area contributed by atoms with Gasteiger partial charge in [0.15, 0.2) is 5.54 Å². The van der Waals surface area contributed by atoms with Gasteiger partial charge in [-0.05, 0) is 13.8 Å². The summed E-state index contributed by atoms with van der Waals surface area (Å²) in [6.07, 6.45) is 3.57. The number of hydrogen-bond acceptors (Lipinski definition) is 6. The Hall–Kier alpha value is -3.50. The van der Waals surface area contributed by atoms with Crippen molar-refractivity contribution in [3.63, 3.8) is 0 Å². The summed E-state index contributed by atoms with van der Waals surface area (Å²) in [5.41, 5.74) is -1.95. The predicted molar refractivity (Wildman–Crippen MR) is 85.2 cm³/mol. The van der Waals surface area contributed by atoms with Gasteiger partial charge in [-0.25, -0.2) is 4.79 Å². The van der Waals surface area contributed by atoms with Gasteiger partial charge in [-0.3, -0.25) is 29.0 Å². The van der Waals surface area contributed by atoms with Crippen LogP contribution in [0.3, 0.4) is 0 Å². The SMILES string of the molecule is CC(C)(C(=O)O)n1cc(NC(=O)Cn2cc([N+](=O)[O-])ccc2=O)cn1. The van der Waals surface area contributed by atoms with E-state index in [1.54, 1.807) is 0 Å². The average Bonchev–Trinajstić information content (AvgIpc) is 2.98. The lowest BCUT2D eigenvalue weighted by Gasteiger charge is -2.19. The van der Waals surface area contributed by atoms with Crippen molar-refractivity contribution in [2.75, 3.05) is 5.32 Å². The summed E-state index contributed by atoms with van der Waals surface area (Å²) in [6, 6.07) is 2.05. The van der Waals surface area contributed by atoms with E-state index in [1.165, 1.54) is 30.9 Å². The Morgan fingerprint density at radius 3 is 2.64 bits per heavy atom. The number of rotatable bonds is 6. The molecule has 0 saturated carbocycles. The highest BCUT2D eigenvalue weighted by atomic mass is 16.6. The molecule has 2 aromatic heterocycles. The maximum absolute atomic E-state index is 12.0. The number of nitro groups is 1. The van der Waals surface area contributed by atoms with E-state index in [-0.39, 0.29) is 11.4 Å². The molecule has 11 heteroatoms. The Labute approximate surface area is 140 Å². The Kier molecular flexibility index (Phi) is 4.68. The lowest BCUT2D eigenvalue weighted by molar-refractivity contribution is -0.385. The lowest BCUT2D eigenvalue weighted by atomic mass is 10.1. The maximum atomic E-state index is 12.0. The molecule has 0 radical (unpaired) electrons. The number of nitrogens with zero attached hydrogens (tertiary/aromatic N) is 4. The fraction of sp³-hybridized carbons (Fsp3) is 0.286. The number of amides is 1. The Morgan fingerprint density at radius 2 is 2.04 bits per heavy atom. The molecule has 0 fully saturated rings. The van der Waals surface area contributed by atoms with E-state index in [2.05, 4.69) is 10.4 Å². The van der Waals surface area contributed by atoms with Crippen molar-refractivity contribution >= 4 is 23.3 Å².